The van der Waals surface area contributed by atoms with E-state index in [1.165, 1.54) is 4.90 Å². The van der Waals surface area contributed by atoms with Gasteiger partial charge in [-0.2, -0.15) is 0 Å². The van der Waals surface area contributed by atoms with E-state index in [4.69, 9.17) is 10.5 Å². The molecule has 1 aromatic rings. The molecule has 1 aliphatic rings. The fourth-order valence-electron chi connectivity index (χ4n) is 1.79. The summed E-state index contributed by atoms with van der Waals surface area (Å²) in [6, 6.07) is 10.1. The molecule has 1 heterocycles. The maximum Gasteiger partial charge on any atom is 0.242 e. The van der Waals surface area contributed by atoms with E-state index in [1.807, 2.05) is 18.2 Å². The van der Waals surface area contributed by atoms with Crippen molar-refractivity contribution in [3.05, 3.63) is 30.3 Å². The molecule has 1 saturated heterocycles. The van der Waals surface area contributed by atoms with Gasteiger partial charge in [0.1, 0.15) is 5.54 Å². The average molecular weight is 266 g/mol. The predicted octanol–water partition coefficient (Wildman–Crippen LogP) is 1.01. The molecule has 1 aliphatic heterocycles. The third-order valence-corrected chi connectivity index (χ3v) is 3.92. The molecule has 1 amide bonds. The van der Waals surface area contributed by atoms with Crippen LogP contribution in [0.4, 0.5) is 0 Å². The van der Waals surface area contributed by atoms with Gasteiger partial charge >= 0.3 is 0 Å². The summed E-state index contributed by atoms with van der Waals surface area (Å²) in [5.74, 6) is 0.737. The van der Waals surface area contributed by atoms with E-state index in [2.05, 4.69) is 17.4 Å². The van der Waals surface area contributed by atoms with Gasteiger partial charge in [-0.15, -0.1) is 11.8 Å². The van der Waals surface area contributed by atoms with Crippen LogP contribution in [-0.2, 0) is 9.53 Å². The highest BCUT2D eigenvalue weighted by atomic mass is 32.2. The maximum atomic E-state index is 11.9. The van der Waals surface area contributed by atoms with Crippen LogP contribution in [0.2, 0.25) is 0 Å². The van der Waals surface area contributed by atoms with Crippen molar-refractivity contribution in [3.63, 3.8) is 0 Å². The number of ether oxygens (including phenoxy) is 1. The number of carbonyl (C=O) groups is 1. The van der Waals surface area contributed by atoms with Gasteiger partial charge in [0, 0.05) is 23.8 Å². The van der Waals surface area contributed by atoms with Gasteiger partial charge < -0.3 is 15.8 Å². The Bertz CT molecular complexity index is 391. The second-order valence-corrected chi connectivity index (χ2v) is 5.54. The Hall–Kier alpha value is -1.04. The van der Waals surface area contributed by atoms with Crippen LogP contribution in [0.25, 0.3) is 0 Å². The molecule has 0 aliphatic carbocycles. The molecule has 4 nitrogen and oxygen atoms in total. The molecule has 98 valence electrons. The van der Waals surface area contributed by atoms with Gasteiger partial charge in [0.05, 0.1) is 6.61 Å². The summed E-state index contributed by atoms with van der Waals surface area (Å²) in [4.78, 5) is 13.1. The second kappa shape index (κ2) is 6.22. The molecule has 0 radical (unpaired) electrons. The van der Waals surface area contributed by atoms with E-state index in [0.29, 0.717) is 26.2 Å². The number of thioether (sulfide) groups is 1. The number of rotatable bonds is 5. The lowest BCUT2D eigenvalue weighted by Gasteiger charge is -2.20. The van der Waals surface area contributed by atoms with E-state index < -0.39 is 5.54 Å². The maximum absolute atomic E-state index is 11.9. The Kier molecular flexibility index (Phi) is 4.63. The normalized spacial score (nSPS) is 22.9. The minimum absolute atomic E-state index is 0.103. The Morgan fingerprint density at radius 1 is 1.44 bits per heavy atom. The lowest BCUT2D eigenvalue weighted by Crippen LogP contribution is -2.54. The molecule has 0 bridgehead atoms. The van der Waals surface area contributed by atoms with Crippen LogP contribution in [-0.4, -0.2) is 37.0 Å². The number of carbonyl (C=O) groups excluding carboxylic acids is 1. The summed E-state index contributed by atoms with van der Waals surface area (Å²) >= 11 is 1.72. The lowest BCUT2D eigenvalue weighted by atomic mass is 9.99. The number of nitrogens with two attached hydrogens (primary N) is 1. The molecule has 1 atom stereocenters. The molecule has 1 unspecified atom stereocenters. The zero-order valence-electron chi connectivity index (χ0n) is 10.2. The van der Waals surface area contributed by atoms with E-state index in [0.717, 1.165) is 5.75 Å². The highest BCUT2D eigenvalue weighted by Crippen LogP contribution is 2.17. The van der Waals surface area contributed by atoms with Crippen LogP contribution < -0.4 is 11.1 Å². The van der Waals surface area contributed by atoms with Crippen LogP contribution in [0.3, 0.4) is 0 Å². The van der Waals surface area contributed by atoms with Crippen molar-refractivity contribution in [2.24, 2.45) is 5.73 Å². The highest BCUT2D eigenvalue weighted by Gasteiger charge is 2.37. The Morgan fingerprint density at radius 2 is 2.22 bits per heavy atom. The monoisotopic (exact) mass is 266 g/mol. The number of hydrogen-bond donors (Lipinski definition) is 2. The number of benzene rings is 1. The van der Waals surface area contributed by atoms with Gasteiger partial charge in [-0.25, -0.2) is 0 Å². The fraction of sp³-hybridized carbons (Fsp3) is 0.462. The van der Waals surface area contributed by atoms with Crippen molar-refractivity contribution in [2.45, 2.75) is 16.9 Å². The molecule has 3 N–H and O–H groups in total. The molecule has 2 rings (SSSR count). The second-order valence-electron chi connectivity index (χ2n) is 4.38. The summed E-state index contributed by atoms with van der Waals surface area (Å²) in [6.07, 6.45) is 0.602. The molecule has 1 fully saturated rings. The van der Waals surface area contributed by atoms with Gasteiger partial charge in [0.2, 0.25) is 5.91 Å². The SMILES string of the molecule is NC1(C(=O)NCCSc2ccccc2)CCOC1. The van der Waals surface area contributed by atoms with Crippen LogP contribution in [0.5, 0.6) is 0 Å². The van der Waals surface area contributed by atoms with Gasteiger partial charge in [0.25, 0.3) is 0 Å². The predicted molar refractivity (Wildman–Crippen MR) is 72.5 cm³/mol. The van der Waals surface area contributed by atoms with Crippen molar-refractivity contribution in [1.82, 2.24) is 5.32 Å². The first-order valence-corrected chi connectivity index (χ1v) is 7.02. The fourth-order valence-corrected chi connectivity index (χ4v) is 2.58. The Balaban J connectivity index is 1.68. The summed E-state index contributed by atoms with van der Waals surface area (Å²) in [7, 11) is 0. The van der Waals surface area contributed by atoms with E-state index in [1.54, 1.807) is 11.8 Å². The summed E-state index contributed by atoms with van der Waals surface area (Å²) < 4.78 is 5.17. The van der Waals surface area contributed by atoms with Crippen LogP contribution >= 0.6 is 11.8 Å². The standard InChI is InChI=1S/C13H18N2O2S/c14-13(6-8-17-10-13)12(16)15-7-9-18-11-4-2-1-3-5-11/h1-5H,6-10,14H2,(H,15,16). The average Bonchev–Trinajstić information content (AvgIpc) is 2.84. The summed E-state index contributed by atoms with van der Waals surface area (Å²) in [5, 5.41) is 2.87. The van der Waals surface area contributed by atoms with Crippen LogP contribution in [0, 0.1) is 0 Å². The smallest absolute Gasteiger partial charge is 0.242 e. The first-order valence-electron chi connectivity index (χ1n) is 6.03. The zero-order chi connectivity index (χ0) is 12.8. The van der Waals surface area contributed by atoms with Crippen molar-refractivity contribution < 1.29 is 9.53 Å². The number of nitrogens with one attached hydrogen (secondary N) is 1. The third kappa shape index (κ3) is 3.48. The quantitative estimate of drug-likeness (QED) is 0.617. The van der Waals surface area contributed by atoms with Gasteiger partial charge in [-0.3, -0.25) is 4.79 Å². The Morgan fingerprint density at radius 3 is 2.89 bits per heavy atom. The summed E-state index contributed by atoms with van der Waals surface area (Å²) in [6.45, 7) is 1.52. The first kappa shape index (κ1) is 13.4. The highest BCUT2D eigenvalue weighted by molar-refractivity contribution is 7.99. The largest absolute Gasteiger partial charge is 0.379 e. The number of hydrogen-bond acceptors (Lipinski definition) is 4. The van der Waals surface area contributed by atoms with E-state index >= 15 is 0 Å². The van der Waals surface area contributed by atoms with Gasteiger partial charge in [-0.1, -0.05) is 18.2 Å². The lowest BCUT2D eigenvalue weighted by molar-refractivity contribution is -0.126. The van der Waals surface area contributed by atoms with E-state index in [9.17, 15) is 4.79 Å². The molecule has 18 heavy (non-hydrogen) atoms. The minimum Gasteiger partial charge on any atom is -0.379 e. The Labute approximate surface area is 111 Å². The van der Waals surface area contributed by atoms with Crippen molar-refractivity contribution in [2.75, 3.05) is 25.5 Å². The van der Waals surface area contributed by atoms with Crippen molar-refractivity contribution >= 4 is 17.7 Å². The van der Waals surface area contributed by atoms with Crippen molar-refractivity contribution in [1.29, 1.82) is 0 Å². The van der Waals surface area contributed by atoms with Crippen LogP contribution in [0.1, 0.15) is 6.42 Å². The zero-order valence-corrected chi connectivity index (χ0v) is 11.0. The van der Waals surface area contributed by atoms with Crippen LogP contribution in [0.15, 0.2) is 35.2 Å². The van der Waals surface area contributed by atoms with Gasteiger partial charge in [-0.05, 0) is 18.6 Å². The molecule has 5 heteroatoms. The topological polar surface area (TPSA) is 64.4 Å². The third-order valence-electron chi connectivity index (χ3n) is 2.90. The first-order chi connectivity index (χ1) is 8.71. The summed E-state index contributed by atoms with van der Waals surface area (Å²) in [5.41, 5.74) is 5.13. The minimum atomic E-state index is -0.822. The molecular weight excluding hydrogens is 248 g/mol. The van der Waals surface area contributed by atoms with Gasteiger partial charge in [0.15, 0.2) is 0 Å². The molecule has 0 aromatic heterocycles. The molecule has 0 saturated carbocycles. The molecular formula is C13H18N2O2S. The van der Waals surface area contributed by atoms with E-state index in [-0.39, 0.29) is 5.91 Å². The molecule has 1 aromatic carbocycles. The molecule has 0 spiro atoms. The van der Waals surface area contributed by atoms with Crippen molar-refractivity contribution in [3.8, 4) is 0 Å². The number of amides is 1.